The summed E-state index contributed by atoms with van der Waals surface area (Å²) in [4.78, 5) is 17.2. The Morgan fingerprint density at radius 3 is 2.46 bits per heavy atom. The number of benzene rings is 2. The van der Waals surface area contributed by atoms with Gasteiger partial charge in [-0.05, 0) is 17.0 Å². The molecule has 2 aromatic carbocycles. The molecule has 26 heavy (non-hydrogen) atoms. The van der Waals surface area contributed by atoms with E-state index in [1.807, 2.05) is 30.3 Å². The fraction of sp³-hybridized carbons (Fsp3) is 0.190. The number of fused-ring (bicyclic) bond motifs is 1. The quantitative estimate of drug-likeness (QED) is 0.471. The van der Waals surface area contributed by atoms with Gasteiger partial charge in [-0.15, -0.1) is 0 Å². The van der Waals surface area contributed by atoms with Gasteiger partial charge in [-0.1, -0.05) is 79.8 Å². The summed E-state index contributed by atoms with van der Waals surface area (Å²) in [6, 6.07) is 18.4. The molecule has 0 N–H and O–H groups in total. The number of aromatic nitrogens is 3. The first-order valence-electron chi connectivity index (χ1n) is 8.63. The second kappa shape index (κ2) is 6.84. The average molecular weight is 361 g/mol. The lowest BCUT2D eigenvalue weighted by molar-refractivity contribution is 0.111. The Morgan fingerprint density at radius 1 is 1.08 bits per heavy atom. The van der Waals surface area contributed by atoms with Crippen LogP contribution in [0.3, 0.4) is 0 Å². The maximum Gasteiger partial charge on any atom is 0.213 e. The maximum absolute atomic E-state index is 11.7. The fourth-order valence-electron chi connectivity index (χ4n) is 2.99. The topological polar surface area (TPSA) is 47.3 Å². The van der Waals surface area contributed by atoms with E-state index in [9.17, 15) is 4.79 Å². The molecule has 0 saturated carbocycles. The monoisotopic (exact) mass is 361 g/mol. The van der Waals surface area contributed by atoms with E-state index in [0.717, 1.165) is 28.2 Å². The number of hydrogen-bond acceptors (Lipinski definition) is 4. The summed E-state index contributed by atoms with van der Waals surface area (Å²) in [5, 5.41) is 5.56. The Kier molecular flexibility index (Phi) is 4.39. The van der Waals surface area contributed by atoms with Gasteiger partial charge in [0.05, 0.1) is 0 Å². The molecule has 0 aliphatic rings. The minimum absolute atomic E-state index is 0.474. The molecule has 0 saturated heterocycles. The number of rotatable bonds is 5. The van der Waals surface area contributed by atoms with Crippen molar-refractivity contribution in [3.63, 3.8) is 0 Å². The van der Waals surface area contributed by atoms with E-state index < -0.39 is 0 Å². The smallest absolute Gasteiger partial charge is 0.213 e. The highest BCUT2D eigenvalue weighted by Crippen LogP contribution is 2.28. The van der Waals surface area contributed by atoms with E-state index in [1.165, 1.54) is 22.5 Å². The van der Waals surface area contributed by atoms with Crippen LogP contribution in [0.15, 0.2) is 54.6 Å². The Bertz CT molecular complexity index is 1050. The molecule has 0 aliphatic carbocycles. The van der Waals surface area contributed by atoms with Crippen LogP contribution in [-0.2, 0) is 6.42 Å². The van der Waals surface area contributed by atoms with Crippen LogP contribution in [0.5, 0.6) is 0 Å². The molecule has 0 unspecified atom stereocenters. The molecule has 2 aromatic heterocycles. The van der Waals surface area contributed by atoms with E-state index in [2.05, 4.69) is 48.2 Å². The standard InChI is InChI=1S/C21H19N3OS/c1-14(2)16-8-10-17(11-9-16)20-18(13-25)24-21(22-20)26-19(23-24)12-15-6-4-3-5-7-15/h3-11,13-14H,12H2,1-2H3. The molecule has 4 rings (SSSR count). The van der Waals surface area contributed by atoms with Crippen LogP contribution in [0.2, 0.25) is 0 Å². The van der Waals surface area contributed by atoms with Crippen molar-refractivity contribution >= 4 is 22.6 Å². The van der Waals surface area contributed by atoms with E-state index in [-0.39, 0.29) is 0 Å². The zero-order valence-electron chi connectivity index (χ0n) is 14.7. The van der Waals surface area contributed by atoms with Gasteiger partial charge in [0.1, 0.15) is 16.4 Å². The van der Waals surface area contributed by atoms with Gasteiger partial charge >= 0.3 is 0 Å². The second-order valence-corrected chi connectivity index (χ2v) is 7.63. The molecule has 2 heterocycles. The van der Waals surface area contributed by atoms with E-state index >= 15 is 0 Å². The van der Waals surface area contributed by atoms with Crippen LogP contribution in [0.4, 0.5) is 0 Å². The number of carbonyl (C=O) groups is 1. The van der Waals surface area contributed by atoms with Gasteiger partial charge in [-0.2, -0.15) is 9.61 Å². The summed E-state index contributed by atoms with van der Waals surface area (Å²) in [5.74, 6) is 0.474. The van der Waals surface area contributed by atoms with E-state index in [4.69, 9.17) is 0 Å². The van der Waals surface area contributed by atoms with E-state index in [0.29, 0.717) is 17.3 Å². The third kappa shape index (κ3) is 3.06. The number of hydrogen-bond donors (Lipinski definition) is 0. The molecule has 0 amide bonds. The SMILES string of the molecule is CC(C)c1ccc(-c2nc3sc(Cc4ccccc4)nn3c2C=O)cc1. The van der Waals surface area contributed by atoms with Crippen LogP contribution in [0.1, 0.15) is 46.4 Å². The van der Waals surface area contributed by atoms with Crippen molar-refractivity contribution in [2.24, 2.45) is 0 Å². The van der Waals surface area contributed by atoms with Crippen molar-refractivity contribution in [1.29, 1.82) is 0 Å². The number of nitrogens with zero attached hydrogens (tertiary/aromatic N) is 3. The Balaban J connectivity index is 1.71. The predicted molar refractivity (Wildman–Crippen MR) is 105 cm³/mol. The Hall–Kier alpha value is -2.79. The molecule has 0 fully saturated rings. The van der Waals surface area contributed by atoms with Crippen LogP contribution < -0.4 is 0 Å². The zero-order chi connectivity index (χ0) is 18.1. The normalized spacial score (nSPS) is 11.3. The van der Waals surface area contributed by atoms with Gasteiger partial charge in [-0.3, -0.25) is 4.79 Å². The minimum Gasteiger partial charge on any atom is -0.296 e. The van der Waals surface area contributed by atoms with Crippen molar-refractivity contribution in [2.75, 3.05) is 0 Å². The lowest BCUT2D eigenvalue weighted by Gasteiger charge is -2.05. The Morgan fingerprint density at radius 2 is 1.81 bits per heavy atom. The second-order valence-electron chi connectivity index (χ2n) is 6.59. The van der Waals surface area contributed by atoms with Crippen LogP contribution in [0, 0.1) is 0 Å². The third-order valence-corrected chi connectivity index (χ3v) is 5.35. The molecular weight excluding hydrogens is 342 g/mol. The Labute approximate surface area is 156 Å². The highest BCUT2D eigenvalue weighted by atomic mass is 32.1. The van der Waals surface area contributed by atoms with Gasteiger partial charge in [-0.25, -0.2) is 4.98 Å². The molecule has 0 radical (unpaired) electrons. The van der Waals surface area contributed by atoms with Crippen molar-refractivity contribution in [1.82, 2.24) is 14.6 Å². The van der Waals surface area contributed by atoms with Crippen molar-refractivity contribution in [2.45, 2.75) is 26.2 Å². The summed E-state index contributed by atoms with van der Waals surface area (Å²) < 4.78 is 1.67. The first-order chi connectivity index (χ1) is 12.7. The molecule has 130 valence electrons. The van der Waals surface area contributed by atoms with Gasteiger partial charge in [0.2, 0.25) is 4.96 Å². The molecule has 4 nitrogen and oxygen atoms in total. The first-order valence-corrected chi connectivity index (χ1v) is 9.45. The summed E-state index contributed by atoms with van der Waals surface area (Å²) in [5.41, 5.74) is 4.61. The molecule has 5 heteroatoms. The molecule has 0 atom stereocenters. The van der Waals surface area contributed by atoms with Gasteiger partial charge < -0.3 is 0 Å². The van der Waals surface area contributed by atoms with Crippen molar-refractivity contribution in [3.05, 3.63) is 76.4 Å². The largest absolute Gasteiger partial charge is 0.296 e. The number of carbonyl (C=O) groups excluding carboxylic acids is 1. The van der Waals surface area contributed by atoms with Crippen LogP contribution in [-0.4, -0.2) is 20.9 Å². The number of aldehydes is 1. The van der Waals surface area contributed by atoms with Crippen LogP contribution >= 0.6 is 11.3 Å². The first kappa shape index (κ1) is 16.7. The molecule has 4 aromatic rings. The van der Waals surface area contributed by atoms with Gasteiger partial charge in [0.25, 0.3) is 0 Å². The summed E-state index contributed by atoms with van der Waals surface area (Å²) in [7, 11) is 0. The summed E-state index contributed by atoms with van der Waals surface area (Å²) in [6.45, 7) is 4.33. The fourth-order valence-corrected chi connectivity index (χ4v) is 3.92. The van der Waals surface area contributed by atoms with E-state index in [1.54, 1.807) is 4.52 Å². The lowest BCUT2D eigenvalue weighted by atomic mass is 10.0. The lowest BCUT2D eigenvalue weighted by Crippen LogP contribution is -1.96. The van der Waals surface area contributed by atoms with Crippen LogP contribution in [0.25, 0.3) is 16.2 Å². The summed E-state index contributed by atoms with van der Waals surface area (Å²) >= 11 is 1.53. The van der Waals surface area contributed by atoms with Gasteiger partial charge in [0.15, 0.2) is 6.29 Å². The molecular formula is C21H19N3OS. The minimum atomic E-state index is 0.474. The predicted octanol–water partition coefficient (Wildman–Crippen LogP) is 4.98. The van der Waals surface area contributed by atoms with Crippen molar-refractivity contribution in [3.8, 4) is 11.3 Å². The molecule has 0 spiro atoms. The summed E-state index contributed by atoms with van der Waals surface area (Å²) in [6.07, 6.45) is 1.59. The number of imidazole rings is 1. The average Bonchev–Trinajstić information content (AvgIpc) is 3.19. The molecule has 0 bridgehead atoms. The third-order valence-electron chi connectivity index (χ3n) is 4.44. The maximum atomic E-state index is 11.7. The highest BCUT2D eigenvalue weighted by molar-refractivity contribution is 7.16. The highest BCUT2D eigenvalue weighted by Gasteiger charge is 2.17. The molecule has 0 aliphatic heterocycles. The van der Waals surface area contributed by atoms with Crippen molar-refractivity contribution < 1.29 is 4.79 Å². The zero-order valence-corrected chi connectivity index (χ0v) is 15.5. The van der Waals surface area contributed by atoms with Gasteiger partial charge in [0, 0.05) is 12.0 Å².